The molecule has 5 heteroatoms. The molecule has 0 unspecified atom stereocenters. The minimum Gasteiger partial charge on any atom is -0.489 e. The second kappa shape index (κ2) is 7.97. The van der Waals surface area contributed by atoms with Crippen molar-refractivity contribution in [2.75, 3.05) is 5.32 Å². The number of anilines is 1. The van der Waals surface area contributed by atoms with Crippen LogP contribution in [0.1, 0.15) is 11.1 Å². The lowest BCUT2D eigenvalue weighted by Crippen LogP contribution is -2.00. The Balaban J connectivity index is 1.51. The normalized spacial score (nSPS) is 10.2. The zero-order valence-corrected chi connectivity index (χ0v) is 13.6. The van der Waals surface area contributed by atoms with Gasteiger partial charge in [-0.25, -0.2) is 0 Å². The lowest BCUT2D eigenvalue weighted by atomic mass is 10.2. The number of nitrogens with zero attached hydrogens (tertiary/aromatic N) is 1. The summed E-state index contributed by atoms with van der Waals surface area (Å²) < 4.78 is 5.76. The fourth-order valence-electron chi connectivity index (χ4n) is 2.35. The zero-order valence-electron chi connectivity index (χ0n) is 13.6. The van der Waals surface area contributed by atoms with Crippen LogP contribution in [0.15, 0.2) is 78.9 Å². The number of rotatable bonds is 7. The number of nitro benzene ring substituents is 1. The van der Waals surface area contributed by atoms with E-state index in [2.05, 4.69) is 5.32 Å². The Morgan fingerprint density at radius 3 is 2.16 bits per heavy atom. The minimum atomic E-state index is -0.405. The predicted molar refractivity (Wildman–Crippen MR) is 97.6 cm³/mol. The molecule has 0 radical (unpaired) electrons. The van der Waals surface area contributed by atoms with Gasteiger partial charge in [0.15, 0.2) is 0 Å². The molecule has 3 aromatic rings. The van der Waals surface area contributed by atoms with Gasteiger partial charge in [0, 0.05) is 24.4 Å². The third-order valence-electron chi connectivity index (χ3n) is 3.75. The third kappa shape index (κ3) is 4.81. The molecule has 0 aromatic heterocycles. The molecule has 0 amide bonds. The van der Waals surface area contributed by atoms with Gasteiger partial charge < -0.3 is 10.1 Å². The molecule has 5 nitrogen and oxygen atoms in total. The Morgan fingerprint density at radius 1 is 0.840 bits per heavy atom. The number of hydrogen-bond acceptors (Lipinski definition) is 4. The fraction of sp³-hybridized carbons (Fsp3) is 0.100. The maximum atomic E-state index is 10.6. The van der Waals surface area contributed by atoms with E-state index < -0.39 is 4.92 Å². The summed E-state index contributed by atoms with van der Waals surface area (Å²) in [6, 6.07) is 24.3. The molecule has 0 aliphatic heterocycles. The van der Waals surface area contributed by atoms with Crippen molar-refractivity contribution in [3.63, 3.8) is 0 Å². The molecule has 0 fully saturated rings. The number of benzene rings is 3. The Morgan fingerprint density at radius 2 is 1.52 bits per heavy atom. The Bertz CT molecular complexity index is 816. The van der Waals surface area contributed by atoms with Crippen LogP contribution in [-0.2, 0) is 13.2 Å². The first-order valence-corrected chi connectivity index (χ1v) is 7.95. The van der Waals surface area contributed by atoms with Crippen molar-refractivity contribution in [1.29, 1.82) is 0 Å². The highest BCUT2D eigenvalue weighted by atomic mass is 16.6. The number of hydrogen-bond donors (Lipinski definition) is 1. The first-order valence-electron chi connectivity index (χ1n) is 7.95. The van der Waals surface area contributed by atoms with Gasteiger partial charge in [-0.3, -0.25) is 10.1 Å². The van der Waals surface area contributed by atoms with Crippen LogP contribution in [0.5, 0.6) is 5.75 Å². The van der Waals surface area contributed by atoms with Crippen LogP contribution in [-0.4, -0.2) is 4.92 Å². The molecule has 0 spiro atoms. The number of non-ortho nitro benzene ring substituents is 1. The van der Waals surface area contributed by atoms with Crippen LogP contribution in [0.2, 0.25) is 0 Å². The van der Waals surface area contributed by atoms with Crippen molar-refractivity contribution in [2.45, 2.75) is 13.2 Å². The van der Waals surface area contributed by atoms with Crippen molar-refractivity contribution < 1.29 is 9.66 Å². The van der Waals surface area contributed by atoms with Crippen molar-refractivity contribution >= 4 is 11.4 Å². The van der Waals surface area contributed by atoms with E-state index in [1.807, 2.05) is 54.6 Å². The highest BCUT2D eigenvalue weighted by molar-refractivity contribution is 5.49. The smallest absolute Gasteiger partial charge is 0.269 e. The summed E-state index contributed by atoms with van der Waals surface area (Å²) in [5.74, 6) is 0.822. The van der Waals surface area contributed by atoms with Gasteiger partial charge in [0.2, 0.25) is 0 Å². The highest BCUT2D eigenvalue weighted by Gasteiger charge is 2.03. The molecule has 0 aliphatic rings. The largest absolute Gasteiger partial charge is 0.489 e. The van der Waals surface area contributed by atoms with E-state index in [0.29, 0.717) is 13.2 Å². The molecular weight excluding hydrogens is 316 g/mol. The summed E-state index contributed by atoms with van der Waals surface area (Å²) in [4.78, 5) is 10.2. The van der Waals surface area contributed by atoms with E-state index in [-0.39, 0.29) is 5.69 Å². The van der Waals surface area contributed by atoms with Gasteiger partial charge in [0.05, 0.1) is 4.92 Å². The molecule has 0 bridgehead atoms. The number of ether oxygens (including phenoxy) is 1. The molecule has 25 heavy (non-hydrogen) atoms. The number of nitrogens with one attached hydrogen (secondary N) is 1. The van der Waals surface area contributed by atoms with Crippen LogP contribution in [0.25, 0.3) is 0 Å². The van der Waals surface area contributed by atoms with E-state index in [4.69, 9.17) is 4.74 Å². The van der Waals surface area contributed by atoms with Crippen LogP contribution in [0.3, 0.4) is 0 Å². The van der Waals surface area contributed by atoms with E-state index in [0.717, 1.165) is 22.6 Å². The van der Waals surface area contributed by atoms with Gasteiger partial charge >= 0.3 is 0 Å². The third-order valence-corrected chi connectivity index (χ3v) is 3.75. The van der Waals surface area contributed by atoms with E-state index in [1.165, 1.54) is 12.1 Å². The highest BCUT2D eigenvalue weighted by Crippen LogP contribution is 2.18. The molecule has 126 valence electrons. The summed E-state index contributed by atoms with van der Waals surface area (Å²) in [6.45, 7) is 1.18. The van der Waals surface area contributed by atoms with Crippen LogP contribution >= 0.6 is 0 Å². The monoisotopic (exact) mass is 334 g/mol. The Hall–Kier alpha value is -3.34. The van der Waals surface area contributed by atoms with E-state index in [9.17, 15) is 10.1 Å². The van der Waals surface area contributed by atoms with Crippen molar-refractivity contribution in [3.8, 4) is 5.75 Å². The second-order valence-electron chi connectivity index (χ2n) is 5.58. The Kier molecular flexibility index (Phi) is 5.26. The second-order valence-corrected chi connectivity index (χ2v) is 5.58. The fourth-order valence-corrected chi connectivity index (χ4v) is 2.35. The summed E-state index contributed by atoms with van der Waals surface area (Å²) >= 11 is 0. The average Bonchev–Trinajstić information content (AvgIpc) is 2.67. The van der Waals surface area contributed by atoms with Gasteiger partial charge in [0.1, 0.15) is 12.4 Å². The molecule has 3 aromatic carbocycles. The van der Waals surface area contributed by atoms with Crippen LogP contribution in [0, 0.1) is 10.1 Å². The van der Waals surface area contributed by atoms with Gasteiger partial charge in [0.25, 0.3) is 5.69 Å². The molecule has 0 heterocycles. The molecule has 3 rings (SSSR count). The maximum absolute atomic E-state index is 10.6. The maximum Gasteiger partial charge on any atom is 0.269 e. The summed E-state index contributed by atoms with van der Waals surface area (Å²) in [7, 11) is 0. The van der Waals surface area contributed by atoms with E-state index >= 15 is 0 Å². The summed E-state index contributed by atoms with van der Waals surface area (Å²) in [5.41, 5.74) is 3.16. The molecule has 0 atom stereocenters. The summed E-state index contributed by atoms with van der Waals surface area (Å²) in [5, 5.41) is 13.9. The molecular formula is C20H18N2O3. The predicted octanol–water partition coefficient (Wildman–Crippen LogP) is 4.79. The topological polar surface area (TPSA) is 64.4 Å². The van der Waals surface area contributed by atoms with Gasteiger partial charge in [-0.1, -0.05) is 42.5 Å². The molecule has 0 saturated carbocycles. The standard InChI is InChI=1S/C20H18N2O3/c23-22(24)19-10-8-18(9-11-19)21-14-16-6-12-20(13-7-16)25-15-17-4-2-1-3-5-17/h1-13,21H,14-15H2. The SMILES string of the molecule is O=[N+]([O-])c1ccc(NCc2ccc(OCc3ccccc3)cc2)cc1. The Labute approximate surface area is 146 Å². The van der Waals surface area contributed by atoms with E-state index in [1.54, 1.807) is 12.1 Å². The lowest BCUT2D eigenvalue weighted by Gasteiger charge is -2.09. The summed E-state index contributed by atoms with van der Waals surface area (Å²) in [6.07, 6.45) is 0. The van der Waals surface area contributed by atoms with Crippen molar-refractivity contribution in [2.24, 2.45) is 0 Å². The number of nitro groups is 1. The lowest BCUT2D eigenvalue weighted by molar-refractivity contribution is -0.384. The quantitative estimate of drug-likeness (QED) is 0.498. The van der Waals surface area contributed by atoms with Gasteiger partial charge in [-0.05, 0) is 35.4 Å². The molecule has 0 aliphatic carbocycles. The molecule has 1 N–H and O–H groups in total. The first-order chi connectivity index (χ1) is 12.2. The van der Waals surface area contributed by atoms with Crippen LogP contribution < -0.4 is 10.1 Å². The average molecular weight is 334 g/mol. The molecule has 0 saturated heterocycles. The minimum absolute atomic E-state index is 0.0884. The zero-order chi connectivity index (χ0) is 17.5. The van der Waals surface area contributed by atoms with Crippen molar-refractivity contribution in [1.82, 2.24) is 0 Å². The first kappa shape index (κ1) is 16.5. The van der Waals surface area contributed by atoms with Crippen LogP contribution in [0.4, 0.5) is 11.4 Å². The van der Waals surface area contributed by atoms with Crippen molar-refractivity contribution in [3.05, 3.63) is 100 Å². The van der Waals surface area contributed by atoms with Gasteiger partial charge in [-0.15, -0.1) is 0 Å². The van der Waals surface area contributed by atoms with Gasteiger partial charge in [-0.2, -0.15) is 0 Å².